The highest BCUT2D eigenvalue weighted by Gasteiger charge is 1.92. The summed E-state index contributed by atoms with van der Waals surface area (Å²) in [6.07, 6.45) is 5.20. The third kappa shape index (κ3) is 2.35. The normalized spacial score (nSPS) is 8.73. The van der Waals surface area contributed by atoms with Crippen molar-refractivity contribution in [3.05, 3.63) is 35.9 Å². The van der Waals surface area contributed by atoms with E-state index >= 15 is 0 Å². The molecule has 0 bridgehead atoms. The molecule has 0 spiro atoms. The lowest BCUT2D eigenvalue weighted by Crippen LogP contribution is -2.09. The van der Waals surface area contributed by atoms with Crippen molar-refractivity contribution in [1.29, 1.82) is 0 Å². The van der Waals surface area contributed by atoms with E-state index in [1.54, 1.807) is 0 Å². The molecule has 0 N–H and O–H groups in total. The Bertz CT molecular complexity index is 245. The summed E-state index contributed by atoms with van der Waals surface area (Å²) in [6.45, 7) is 0.817. The molecule has 0 fully saturated rings. The fourth-order valence-corrected chi connectivity index (χ4v) is 0.903. The molecule has 56 valence electrons. The molecule has 0 atom stereocenters. The van der Waals surface area contributed by atoms with Crippen LogP contribution in [0.4, 0.5) is 0 Å². The summed E-state index contributed by atoms with van der Waals surface area (Å²) in [4.78, 5) is 1.81. The molecule has 0 saturated carbocycles. The molecule has 0 aliphatic carbocycles. The Hall–Kier alpha value is -1.42. The SMILES string of the molecule is C#CN(C)Cc1ccccc1. The Labute approximate surface area is 67.7 Å². The first-order valence-electron chi connectivity index (χ1n) is 3.54. The van der Waals surface area contributed by atoms with Gasteiger partial charge in [0.05, 0.1) is 6.54 Å². The highest BCUT2D eigenvalue weighted by atomic mass is 15.1. The van der Waals surface area contributed by atoms with Crippen LogP contribution >= 0.6 is 0 Å². The molecule has 0 unspecified atom stereocenters. The Kier molecular flexibility index (Phi) is 2.57. The van der Waals surface area contributed by atoms with Crippen LogP contribution < -0.4 is 0 Å². The number of terminal acetylenes is 1. The van der Waals surface area contributed by atoms with E-state index in [1.807, 2.05) is 30.1 Å². The van der Waals surface area contributed by atoms with Gasteiger partial charge in [0.1, 0.15) is 0 Å². The molecule has 0 heterocycles. The minimum absolute atomic E-state index is 0.817. The smallest absolute Gasteiger partial charge is 0.0507 e. The van der Waals surface area contributed by atoms with Gasteiger partial charge >= 0.3 is 0 Å². The van der Waals surface area contributed by atoms with Crippen molar-refractivity contribution in [2.24, 2.45) is 0 Å². The van der Waals surface area contributed by atoms with E-state index < -0.39 is 0 Å². The molecule has 0 aliphatic heterocycles. The maximum Gasteiger partial charge on any atom is 0.0507 e. The zero-order chi connectivity index (χ0) is 8.10. The summed E-state index contributed by atoms with van der Waals surface area (Å²) < 4.78 is 0. The number of rotatable bonds is 2. The Morgan fingerprint density at radius 2 is 2.00 bits per heavy atom. The maximum atomic E-state index is 5.20. The van der Waals surface area contributed by atoms with E-state index in [0.717, 1.165) is 6.54 Å². The quantitative estimate of drug-likeness (QED) is 0.452. The van der Waals surface area contributed by atoms with Gasteiger partial charge in [0.2, 0.25) is 0 Å². The summed E-state index contributed by atoms with van der Waals surface area (Å²) in [6, 6.07) is 12.7. The van der Waals surface area contributed by atoms with Crippen LogP contribution in [0.3, 0.4) is 0 Å². The van der Waals surface area contributed by atoms with Gasteiger partial charge in [-0.1, -0.05) is 36.8 Å². The Morgan fingerprint density at radius 3 is 2.55 bits per heavy atom. The van der Waals surface area contributed by atoms with Gasteiger partial charge in [-0.15, -0.1) is 0 Å². The van der Waals surface area contributed by atoms with E-state index in [2.05, 4.69) is 18.2 Å². The molecule has 1 nitrogen and oxygen atoms in total. The maximum absolute atomic E-state index is 5.20. The second-order valence-corrected chi connectivity index (χ2v) is 2.47. The van der Waals surface area contributed by atoms with Crippen LogP contribution in [0.1, 0.15) is 5.56 Å². The second-order valence-electron chi connectivity index (χ2n) is 2.47. The summed E-state index contributed by atoms with van der Waals surface area (Å²) in [5.74, 6) is 0. The van der Waals surface area contributed by atoms with Gasteiger partial charge in [0.15, 0.2) is 0 Å². The van der Waals surface area contributed by atoms with Crippen molar-refractivity contribution in [1.82, 2.24) is 4.90 Å². The lowest BCUT2D eigenvalue weighted by atomic mass is 10.2. The fourth-order valence-electron chi connectivity index (χ4n) is 0.903. The van der Waals surface area contributed by atoms with E-state index in [-0.39, 0.29) is 0 Å². The first kappa shape index (κ1) is 7.68. The van der Waals surface area contributed by atoms with Gasteiger partial charge in [0, 0.05) is 13.1 Å². The molecule has 0 amide bonds. The van der Waals surface area contributed by atoms with E-state index in [1.165, 1.54) is 5.56 Å². The minimum Gasteiger partial charge on any atom is -0.331 e. The van der Waals surface area contributed by atoms with Crippen LogP contribution in [-0.2, 0) is 6.54 Å². The molecule has 0 aliphatic rings. The number of nitrogens with zero attached hydrogens (tertiary/aromatic N) is 1. The van der Waals surface area contributed by atoms with Crippen LogP contribution in [0.15, 0.2) is 30.3 Å². The zero-order valence-corrected chi connectivity index (χ0v) is 6.62. The number of hydrogen-bond acceptors (Lipinski definition) is 1. The van der Waals surface area contributed by atoms with Gasteiger partial charge in [-0.05, 0) is 5.56 Å². The number of benzene rings is 1. The molecular formula is C10H11N. The minimum atomic E-state index is 0.817. The van der Waals surface area contributed by atoms with Crippen molar-refractivity contribution < 1.29 is 0 Å². The molecule has 0 saturated heterocycles. The zero-order valence-electron chi connectivity index (χ0n) is 6.62. The summed E-state index contributed by atoms with van der Waals surface area (Å²) in [5.41, 5.74) is 1.24. The first-order chi connectivity index (χ1) is 5.33. The summed E-state index contributed by atoms with van der Waals surface area (Å²) >= 11 is 0. The van der Waals surface area contributed by atoms with E-state index in [0.29, 0.717) is 0 Å². The van der Waals surface area contributed by atoms with Crippen molar-refractivity contribution in [2.45, 2.75) is 6.54 Å². The molecule has 1 aromatic carbocycles. The highest BCUT2D eigenvalue weighted by molar-refractivity contribution is 5.14. The second kappa shape index (κ2) is 3.68. The average Bonchev–Trinajstić information content (AvgIpc) is 2.06. The third-order valence-electron chi connectivity index (χ3n) is 1.48. The molecule has 1 heteroatoms. The van der Waals surface area contributed by atoms with Crippen LogP contribution in [0.25, 0.3) is 0 Å². The lowest BCUT2D eigenvalue weighted by Gasteiger charge is -2.09. The van der Waals surface area contributed by atoms with Gasteiger partial charge in [0.25, 0.3) is 0 Å². The van der Waals surface area contributed by atoms with Gasteiger partial charge in [-0.2, -0.15) is 0 Å². The topological polar surface area (TPSA) is 3.24 Å². The molecule has 1 rings (SSSR count). The number of hydrogen-bond donors (Lipinski definition) is 0. The lowest BCUT2D eigenvalue weighted by molar-refractivity contribution is 0.479. The van der Waals surface area contributed by atoms with Gasteiger partial charge in [-0.25, -0.2) is 0 Å². The Morgan fingerprint density at radius 1 is 1.36 bits per heavy atom. The molecule has 0 aromatic heterocycles. The average molecular weight is 145 g/mol. The molecule has 11 heavy (non-hydrogen) atoms. The largest absolute Gasteiger partial charge is 0.331 e. The predicted molar refractivity (Wildman–Crippen MR) is 46.7 cm³/mol. The highest BCUT2D eigenvalue weighted by Crippen LogP contribution is 2.00. The van der Waals surface area contributed by atoms with Crippen molar-refractivity contribution in [3.63, 3.8) is 0 Å². The summed E-state index contributed by atoms with van der Waals surface area (Å²) in [5, 5.41) is 0. The van der Waals surface area contributed by atoms with Crippen LogP contribution in [-0.4, -0.2) is 11.9 Å². The van der Waals surface area contributed by atoms with Gasteiger partial charge < -0.3 is 4.90 Å². The fraction of sp³-hybridized carbons (Fsp3) is 0.200. The van der Waals surface area contributed by atoms with Crippen LogP contribution in [0, 0.1) is 12.5 Å². The standard InChI is InChI=1S/C10H11N/c1-3-11(2)9-10-7-5-4-6-8-10/h1,4-8H,9H2,2H3. The molecule has 0 radical (unpaired) electrons. The van der Waals surface area contributed by atoms with Crippen molar-refractivity contribution in [2.75, 3.05) is 7.05 Å². The third-order valence-corrected chi connectivity index (χ3v) is 1.48. The monoisotopic (exact) mass is 145 g/mol. The van der Waals surface area contributed by atoms with E-state index in [4.69, 9.17) is 6.42 Å². The molecular weight excluding hydrogens is 134 g/mol. The Balaban J connectivity index is 2.60. The van der Waals surface area contributed by atoms with Crippen LogP contribution in [0.5, 0.6) is 0 Å². The first-order valence-corrected chi connectivity index (χ1v) is 3.54. The van der Waals surface area contributed by atoms with Crippen molar-refractivity contribution in [3.8, 4) is 12.5 Å². The van der Waals surface area contributed by atoms with Crippen molar-refractivity contribution >= 4 is 0 Å². The molecule has 1 aromatic rings. The summed E-state index contributed by atoms with van der Waals surface area (Å²) in [7, 11) is 1.90. The van der Waals surface area contributed by atoms with Gasteiger partial charge in [-0.3, -0.25) is 0 Å². The predicted octanol–water partition coefficient (Wildman–Crippen LogP) is 1.71. The van der Waals surface area contributed by atoms with Crippen LogP contribution in [0.2, 0.25) is 0 Å². The van der Waals surface area contributed by atoms with E-state index in [9.17, 15) is 0 Å².